The first-order chi connectivity index (χ1) is 18.3. The average molecular weight is 540 g/mol. The zero-order chi connectivity index (χ0) is 27.2. The van der Waals surface area contributed by atoms with Gasteiger partial charge in [-0.3, -0.25) is 14.5 Å². The van der Waals surface area contributed by atoms with Gasteiger partial charge in [-0.2, -0.15) is 0 Å². The molecule has 0 aromatic heterocycles. The van der Waals surface area contributed by atoms with Gasteiger partial charge in [-0.25, -0.2) is 4.39 Å². The number of nitrogens with zero attached hydrogens (tertiary/aromatic N) is 2. The normalized spacial score (nSPS) is 20.2. The van der Waals surface area contributed by atoms with E-state index in [9.17, 15) is 14.0 Å². The number of aryl methyl sites for hydroxylation is 1. The third-order valence-corrected chi connectivity index (χ3v) is 7.36. The zero-order valence-electron chi connectivity index (χ0n) is 22.1. The molecule has 1 heterocycles. The van der Waals surface area contributed by atoms with Gasteiger partial charge in [-0.15, -0.1) is 11.6 Å². The number of para-hydroxylation sites is 1. The summed E-state index contributed by atoms with van der Waals surface area (Å²) in [5.74, 6) is 0.0698. The van der Waals surface area contributed by atoms with Crippen LogP contribution in [0.5, 0.6) is 11.5 Å². The first-order valence-electron chi connectivity index (χ1n) is 13.1. The van der Waals surface area contributed by atoms with Crippen LogP contribution in [0, 0.1) is 18.8 Å². The third kappa shape index (κ3) is 6.45. The summed E-state index contributed by atoms with van der Waals surface area (Å²) in [4.78, 5) is 30.9. The third-order valence-electron chi connectivity index (χ3n) is 7.14. The minimum Gasteiger partial charge on any atom is -0.457 e. The lowest BCUT2D eigenvalue weighted by Crippen LogP contribution is -2.61. The van der Waals surface area contributed by atoms with Crippen molar-refractivity contribution in [2.45, 2.75) is 39.3 Å². The Hall–Kier alpha value is -3.16. The quantitative estimate of drug-likeness (QED) is 0.443. The molecular weight excluding hydrogens is 505 g/mol. The molecule has 8 heteroatoms. The van der Waals surface area contributed by atoms with Crippen molar-refractivity contribution in [3.8, 4) is 11.5 Å². The van der Waals surface area contributed by atoms with Crippen LogP contribution in [0.2, 0.25) is 0 Å². The molecule has 3 atom stereocenters. The fraction of sp³-hybridized carbons (Fsp3) is 0.400. The number of anilines is 1. The molecule has 38 heavy (non-hydrogen) atoms. The molecule has 1 fully saturated rings. The van der Waals surface area contributed by atoms with Gasteiger partial charge in [0.2, 0.25) is 11.8 Å². The maximum atomic E-state index is 14.2. The van der Waals surface area contributed by atoms with E-state index in [1.807, 2.05) is 48.2 Å². The second-order valence-corrected chi connectivity index (χ2v) is 10.4. The number of allylic oxidation sites excluding steroid dienone is 3. The Bertz CT molecular complexity index is 1200. The molecule has 2 amide bonds. The van der Waals surface area contributed by atoms with Crippen LogP contribution in [-0.2, 0) is 9.59 Å². The van der Waals surface area contributed by atoms with Crippen molar-refractivity contribution in [3.05, 3.63) is 78.1 Å². The van der Waals surface area contributed by atoms with Crippen molar-refractivity contribution in [2.75, 3.05) is 30.4 Å². The molecule has 0 radical (unpaired) electrons. The van der Waals surface area contributed by atoms with Crippen molar-refractivity contribution in [2.24, 2.45) is 11.8 Å². The van der Waals surface area contributed by atoms with Gasteiger partial charge in [0.1, 0.15) is 29.2 Å². The topological polar surface area (TPSA) is 61.9 Å². The van der Waals surface area contributed by atoms with Crippen LogP contribution in [0.25, 0.3) is 0 Å². The Morgan fingerprint density at radius 2 is 1.95 bits per heavy atom. The number of ether oxygens (including phenoxy) is 1. The highest BCUT2D eigenvalue weighted by Crippen LogP contribution is 2.34. The SMILES string of the molecule is Cc1cc(Oc2ccccc2)ccc1N(C(=O)CCl)[C@@H](C(=O)N1CCN[C@@H](C(C)C)C1)C1C=CC(F)=CC1. The molecule has 2 aliphatic rings. The highest BCUT2D eigenvalue weighted by Gasteiger charge is 2.40. The fourth-order valence-electron chi connectivity index (χ4n) is 5.03. The van der Waals surface area contributed by atoms with E-state index in [4.69, 9.17) is 16.3 Å². The standard InChI is InChI=1S/C30H35ClFN3O3/c1-20(2)26-19-34(16-15-33-26)30(37)29(22-9-11-23(32)12-10-22)35(28(36)18-31)27-14-13-25(17-21(27)3)38-24-7-5-4-6-8-24/h4-9,11-14,17,20,22,26,29,33H,10,15-16,18-19H2,1-3H3/t22?,26-,29-/m1/s1. The number of hydrogen-bond acceptors (Lipinski definition) is 4. The van der Waals surface area contributed by atoms with Crippen molar-refractivity contribution in [1.82, 2.24) is 10.2 Å². The number of carbonyl (C=O) groups is 2. The van der Waals surface area contributed by atoms with Crippen LogP contribution in [0.3, 0.4) is 0 Å². The second-order valence-electron chi connectivity index (χ2n) is 10.1. The predicted octanol–water partition coefficient (Wildman–Crippen LogP) is 5.61. The molecule has 2 aromatic carbocycles. The molecule has 6 nitrogen and oxygen atoms in total. The minimum absolute atomic E-state index is 0.154. The maximum Gasteiger partial charge on any atom is 0.246 e. The number of carbonyl (C=O) groups excluding carboxylic acids is 2. The monoisotopic (exact) mass is 539 g/mol. The van der Waals surface area contributed by atoms with Gasteiger partial charge in [0, 0.05) is 37.3 Å². The molecular formula is C30H35ClFN3O3. The molecule has 1 saturated heterocycles. The van der Waals surface area contributed by atoms with Gasteiger partial charge in [0.25, 0.3) is 0 Å². The second kappa shape index (κ2) is 12.6. The summed E-state index contributed by atoms with van der Waals surface area (Å²) in [6, 6.07) is 14.1. The predicted molar refractivity (Wildman–Crippen MR) is 149 cm³/mol. The van der Waals surface area contributed by atoms with Crippen molar-refractivity contribution >= 4 is 29.1 Å². The van der Waals surface area contributed by atoms with E-state index >= 15 is 0 Å². The summed E-state index contributed by atoms with van der Waals surface area (Å²) in [6.45, 7) is 7.85. The van der Waals surface area contributed by atoms with Crippen LogP contribution in [0.4, 0.5) is 10.1 Å². The first-order valence-corrected chi connectivity index (χ1v) is 13.6. The van der Waals surface area contributed by atoms with E-state index in [-0.39, 0.29) is 29.6 Å². The summed E-state index contributed by atoms with van der Waals surface area (Å²) in [7, 11) is 0. The molecule has 202 valence electrons. The lowest BCUT2D eigenvalue weighted by atomic mass is 9.88. The number of alkyl halides is 1. The largest absolute Gasteiger partial charge is 0.457 e. The Morgan fingerprint density at radius 1 is 1.18 bits per heavy atom. The van der Waals surface area contributed by atoms with E-state index in [2.05, 4.69) is 19.2 Å². The van der Waals surface area contributed by atoms with Crippen LogP contribution in [-0.4, -0.2) is 54.3 Å². The van der Waals surface area contributed by atoms with Gasteiger partial charge in [-0.05, 0) is 67.3 Å². The van der Waals surface area contributed by atoms with E-state index < -0.39 is 12.0 Å². The number of rotatable bonds is 8. The summed E-state index contributed by atoms with van der Waals surface area (Å²) < 4.78 is 19.9. The van der Waals surface area contributed by atoms with E-state index in [1.165, 1.54) is 17.1 Å². The molecule has 0 spiro atoms. The fourth-order valence-corrected chi connectivity index (χ4v) is 5.16. The van der Waals surface area contributed by atoms with Gasteiger partial charge in [0.15, 0.2) is 0 Å². The molecule has 0 bridgehead atoms. The number of amides is 2. The van der Waals surface area contributed by atoms with Crippen LogP contribution in [0.15, 0.2) is 72.6 Å². The molecule has 0 saturated carbocycles. The Balaban J connectivity index is 1.71. The van der Waals surface area contributed by atoms with Gasteiger partial charge < -0.3 is 15.0 Å². The average Bonchev–Trinajstić information content (AvgIpc) is 2.93. The molecule has 1 aliphatic carbocycles. The van der Waals surface area contributed by atoms with Crippen molar-refractivity contribution in [3.63, 3.8) is 0 Å². The van der Waals surface area contributed by atoms with E-state index in [0.29, 0.717) is 49.2 Å². The lowest BCUT2D eigenvalue weighted by Gasteiger charge is -2.42. The number of hydrogen-bond donors (Lipinski definition) is 1. The maximum absolute atomic E-state index is 14.2. The number of piperazine rings is 1. The number of halogens is 2. The minimum atomic E-state index is -0.868. The van der Waals surface area contributed by atoms with Gasteiger partial charge >= 0.3 is 0 Å². The van der Waals surface area contributed by atoms with Crippen LogP contribution in [0.1, 0.15) is 25.8 Å². The Labute approximate surface area is 229 Å². The molecule has 1 N–H and O–H groups in total. The van der Waals surface area contributed by atoms with Crippen LogP contribution < -0.4 is 15.0 Å². The van der Waals surface area contributed by atoms with Gasteiger partial charge in [-0.1, -0.05) is 38.1 Å². The summed E-state index contributed by atoms with van der Waals surface area (Å²) in [5.41, 5.74) is 1.34. The molecule has 4 rings (SSSR count). The molecule has 2 aromatic rings. The van der Waals surface area contributed by atoms with Gasteiger partial charge in [0.05, 0.1) is 0 Å². The number of nitrogens with one attached hydrogen (secondary N) is 1. The lowest BCUT2D eigenvalue weighted by molar-refractivity contribution is -0.136. The first kappa shape index (κ1) is 27.9. The highest BCUT2D eigenvalue weighted by molar-refractivity contribution is 6.30. The van der Waals surface area contributed by atoms with Crippen LogP contribution >= 0.6 is 11.6 Å². The highest BCUT2D eigenvalue weighted by atomic mass is 35.5. The summed E-state index contributed by atoms with van der Waals surface area (Å²) in [5, 5.41) is 3.48. The molecule has 1 unspecified atom stereocenters. The summed E-state index contributed by atoms with van der Waals surface area (Å²) in [6.07, 6.45) is 4.83. The van der Waals surface area contributed by atoms with Crippen molar-refractivity contribution in [1.29, 1.82) is 0 Å². The van der Waals surface area contributed by atoms with E-state index in [1.54, 1.807) is 18.2 Å². The van der Waals surface area contributed by atoms with E-state index in [0.717, 1.165) is 5.56 Å². The van der Waals surface area contributed by atoms with Crippen molar-refractivity contribution < 1.29 is 18.7 Å². The Kier molecular flexibility index (Phi) is 9.23. The number of benzene rings is 2. The summed E-state index contributed by atoms with van der Waals surface area (Å²) >= 11 is 6.11. The Morgan fingerprint density at radius 3 is 2.58 bits per heavy atom. The smallest absolute Gasteiger partial charge is 0.246 e. The molecule has 1 aliphatic heterocycles. The zero-order valence-corrected chi connectivity index (χ0v) is 22.8.